The van der Waals surface area contributed by atoms with Crippen molar-refractivity contribution in [3.8, 4) is 0 Å². The maximum absolute atomic E-state index is 13.6. The Bertz CT molecular complexity index is 855. The molecule has 2 amide bonds. The molecule has 1 unspecified atom stereocenters. The Hall–Kier alpha value is -1.93. The van der Waals surface area contributed by atoms with Crippen LogP contribution in [0.25, 0.3) is 0 Å². The third kappa shape index (κ3) is 3.61. The van der Waals surface area contributed by atoms with E-state index in [2.05, 4.69) is 10.3 Å². The number of halogens is 1. The van der Waals surface area contributed by atoms with Crippen LogP contribution in [-0.4, -0.2) is 29.1 Å². The third-order valence-electron chi connectivity index (χ3n) is 4.53. The van der Waals surface area contributed by atoms with Crippen molar-refractivity contribution in [2.75, 3.05) is 17.2 Å². The summed E-state index contributed by atoms with van der Waals surface area (Å²) >= 11 is 3.07. The number of anilines is 1. The standard InChI is InChI=1S/C18H18FN3O2S2/c19-11-3-4-15-13(8-11)14(5-7-25-15)21-16(23)9-12-10-26-18(20-12)22-6-1-2-17(22)24/h3-4,8,10,14H,1-2,5-7,9H2,(H,21,23). The average molecular weight is 391 g/mol. The first-order valence-electron chi connectivity index (χ1n) is 8.56. The van der Waals surface area contributed by atoms with Gasteiger partial charge in [-0.05, 0) is 36.6 Å². The molecule has 1 fully saturated rings. The van der Waals surface area contributed by atoms with Gasteiger partial charge in [-0.2, -0.15) is 0 Å². The van der Waals surface area contributed by atoms with Gasteiger partial charge in [0.05, 0.1) is 18.2 Å². The molecule has 3 heterocycles. The molecule has 1 saturated heterocycles. The maximum Gasteiger partial charge on any atom is 0.228 e. The van der Waals surface area contributed by atoms with Crippen LogP contribution in [0.5, 0.6) is 0 Å². The van der Waals surface area contributed by atoms with E-state index in [1.54, 1.807) is 22.7 Å². The molecule has 5 nitrogen and oxygen atoms in total. The van der Waals surface area contributed by atoms with E-state index in [-0.39, 0.29) is 30.1 Å². The Morgan fingerprint density at radius 3 is 3.12 bits per heavy atom. The zero-order valence-corrected chi connectivity index (χ0v) is 15.7. The Balaban J connectivity index is 1.42. The van der Waals surface area contributed by atoms with Gasteiger partial charge >= 0.3 is 0 Å². The number of carbonyl (C=O) groups is 2. The summed E-state index contributed by atoms with van der Waals surface area (Å²) in [7, 11) is 0. The fraction of sp³-hybridized carbons (Fsp3) is 0.389. The normalized spacial score (nSPS) is 19.5. The van der Waals surface area contributed by atoms with E-state index in [4.69, 9.17) is 0 Å². The highest BCUT2D eigenvalue weighted by Gasteiger charge is 2.26. The van der Waals surface area contributed by atoms with Crippen molar-refractivity contribution in [2.45, 2.75) is 36.6 Å². The lowest BCUT2D eigenvalue weighted by molar-refractivity contribution is -0.121. The molecule has 2 aliphatic heterocycles. The van der Waals surface area contributed by atoms with Crippen molar-refractivity contribution in [3.05, 3.63) is 40.7 Å². The monoisotopic (exact) mass is 391 g/mol. The van der Waals surface area contributed by atoms with Gasteiger partial charge in [-0.1, -0.05) is 0 Å². The number of benzene rings is 1. The van der Waals surface area contributed by atoms with Gasteiger partial charge in [0, 0.05) is 29.0 Å². The zero-order chi connectivity index (χ0) is 18.1. The number of amides is 2. The van der Waals surface area contributed by atoms with E-state index < -0.39 is 0 Å². The van der Waals surface area contributed by atoms with Gasteiger partial charge in [0.25, 0.3) is 0 Å². The molecule has 1 aromatic heterocycles. The van der Waals surface area contributed by atoms with Gasteiger partial charge in [-0.25, -0.2) is 9.37 Å². The van der Waals surface area contributed by atoms with Crippen LogP contribution < -0.4 is 10.2 Å². The summed E-state index contributed by atoms with van der Waals surface area (Å²) in [5, 5.41) is 5.49. The van der Waals surface area contributed by atoms with E-state index in [0.717, 1.165) is 29.1 Å². The molecule has 4 rings (SSSR count). The van der Waals surface area contributed by atoms with Crippen LogP contribution in [0, 0.1) is 5.82 Å². The van der Waals surface area contributed by atoms with Crippen LogP contribution in [0.1, 0.15) is 36.6 Å². The second kappa shape index (κ2) is 7.36. The second-order valence-electron chi connectivity index (χ2n) is 6.39. The van der Waals surface area contributed by atoms with Crippen molar-refractivity contribution >= 4 is 40.0 Å². The van der Waals surface area contributed by atoms with Crippen molar-refractivity contribution < 1.29 is 14.0 Å². The molecule has 1 aromatic carbocycles. The first kappa shape index (κ1) is 17.5. The van der Waals surface area contributed by atoms with Gasteiger partial charge in [-0.15, -0.1) is 23.1 Å². The molecule has 2 aromatic rings. The quantitative estimate of drug-likeness (QED) is 0.869. The van der Waals surface area contributed by atoms with E-state index in [0.29, 0.717) is 23.8 Å². The fourth-order valence-corrected chi connectivity index (χ4v) is 5.25. The van der Waals surface area contributed by atoms with Gasteiger partial charge < -0.3 is 5.32 Å². The van der Waals surface area contributed by atoms with Crippen LogP contribution in [0.2, 0.25) is 0 Å². The van der Waals surface area contributed by atoms with Crippen LogP contribution in [0.15, 0.2) is 28.5 Å². The summed E-state index contributed by atoms with van der Waals surface area (Å²) < 4.78 is 13.6. The topological polar surface area (TPSA) is 62.3 Å². The maximum atomic E-state index is 13.6. The van der Waals surface area contributed by atoms with Gasteiger partial charge in [0.1, 0.15) is 5.82 Å². The predicted molar refractivity (Wildman–Crippen MR) is 100 cm³/mol. The molecule has 0 bridgehead atoms. The summed E-state index contributed by atoms with van der Waals surface area (Å²) in [5.74, 6) is 0.557. The Morgan fingerprint density at radius 2 is 2.31 bits per heavy atom. The molecular weight excluding hydrogens is 373 g/mol. The highest BCUT2D eigenvalue weighted by Crippen LogP contribution is 2.36. The predicted octanol–water partition coefficient (Wildman–Crippen LogP) is 3.30. The molecule has 0 aliphatic carbocycles. The largest absolute Gasteiger partial charge is 0.349 e. The van der Waals surface area contributed by atoms with Gasteiger partial charge in [-0.3, -0.25) is 14.5 Å². The lowest BCUT2D eigenvalue weighted by Gasteiger charge is -2.26. The average Bonchev–Trinajstić information content (AvgIpc) is 3.24. The summed E-state index contributed by atoms with van der Waals surface area (Å²) in [4.78, 5) is 31.4. The van der Waals surface area contributed by atoms with Crippen molar-refractivity contribution in [1.29, 1.82) is 0 Å². The molecule has 1 N–H and O–H groups in total. The van der Waals surface area contributed by atoms with E-state index >= 15 is 0 Å². The van der Waals surface area contributed by atoms with E-state index in [1.165, 1.54) is 23.5 Å². The molecule has 0 spiro atoms. The van der Waals surface area contributed by atoms with Crippen molar-refractivity contribution in [3.63, 3.8) is 0 Å². The van der Waals surface area contributed by atoms with Crippen LogP contribution in [-0.2, 0) is 16.0 Å². The molecule has 26 heavy (non-hydrogen) atoms. The smallest absolute Gasteiger partial charge is 0.228 e. The number of nitrogens with one attached hydrogen (secondary N) is 1. The molecule has 136 valence electrons. The molecule has 0 radical (unpaired) electrons. The van der Waals surface area contributed by atoms with Crippen LogP contribution in [0.4, 0.5) is 9.52 Å². The fourth-order valence-electron chi connectivity index (χ4n) is 3.28. The van der Waals surface area contributed by atoms with Crippen LogP contribution in [0.3, 0.4) is 0 Å². The number of thioether (sulfide) groups is 1. The SMILES string of the molecule is O=C(Cc1csc(N2CCCC2=O)n1)NC1CCSc2ccc(F)cc21. The molecule has 0 saturated carbocycles. The zero-order valence-electron chi connectivity index (χ0n) is 14.0. The number of carbonyl (C=O) groups excluding carboxylic acids is 2. The Kier molecular flexibility index (Phi) is 4.95. The highest BCUT2D eigenvalue weighted by atomic mass is 32.2. The number of rotatable bonds is 4. The van der Waals surface area contributed by atoms with E-state index in [1.807, 2.05) is 5.38 Å². The molecule has 2 aliphatic rings. The lowest BCUT2D eigenvalue weighted by atomic mass is 10.0. The Labute approximate surface area is 159 Å². The van der Waals surface area contributed by atoms with Crippen molar-refractivity contribution in [1.82, 2.24) is 10.3 Å². The number of hydrogen-bond donors (Lipinski definition) is 1. The first-order valence-corrected chi connectivity index (χ1v) is 10.4. The third-order valence-corrected chi connectivity index (χ3v) is 6.57. The minimum Gasteiger partial charge on any atom is -0.349 e. The number of thiazole rings is 1. The number of hydrogen-bond acceptors (Lipinski definition) is 5. The second-order valence-corrected chi connectivity index (χ2v) is 8.36. The molecule has 8 heteroatoms. The summed E-state index contributed by atoms with van der Waals surface area (Å²) in [6, 6.07) is 4.56. The first-order chi connectivity index (χ1) is 12.6. The number of fused-ring (bicyclic) bond motifs is 1. The van der Waals surface area contributed by atoms with Gasteiger partial charge in [0.15, 0.2) is 5.13 Å². The minimum absolute atomic E-state index is 0.0914. The number of aromatic nitrogens is 1. The summed E-state index contributed by atoms with van der Waals surface area (Å²) in [6.07, 6.45) is 2.35. The molecular formula is C18H18FN3O2S2. The summed E-state index contributed by atoms with van der Waals surface area (Å²) in [6.45, 7) is 0.695. The minimum atomic E-state index is -0.287. The van der Waals surface area contributed by atoms with Crippen LogP contribution >= 0.6 is 23.1 Å². The molecule has 1 atom stereocenters. The van der Waals surface area contributed by atoms with E-state index in [9.17, 15) is 14.0 Å². The Morgan fingerprint density at radius 1 is 1.42 bits per heavy atom. The van der Waals surface area contributed by atoms with Gasteiger partial charge in [0.2, 0.25) is 11.8 Å². The number of nitrogens with zero attached hydrogens (tertiary/aromatic N) is 2. The van der Waals surface area contributed by atoms with Crippen molar-refractivity contribution in [2.24, 2.45) is 0 Å². The summed E-state index contributed by atoms with van der Waals surface area (Å²) in [5.41, 5.74) is 1.50. The lowest BCUT2D eigenvalue weighted by Crippen LogP contribution is -2.32. The highest BCUT2D eigenvalue weighted by molar-refractivity contribution is 7.99.